The molecule has 0 amide bonds. The molecule has 1 unspecified atom stereocenters. The van der Waals surface area contributed by atoms with Crippen molar-refractivity contribution in [2.24, 2.45) is 0 Å². The summed E-state index contributed by atoms with van der Waals surface area (Å²) >= 11 is 0. The fraction of sp³-hybridized carbons (Fsp3) is 0.538. The third kappa shape index (κ3) is 4.00. The molecule has 5 heteroatoms. The SMILES string of the molecule is CCN(CC)CC(C)Nc1ccccc1[N+](=O)[O-]. The van der Waals surface area contributed by atoms with Gasteiger partial charge in [0.15, 0.2) is 0 Å². The Kier molecular flexibility index (Phi) is 5.58. The third-order valence-electron chi connectivity index (χ3n) is 2.93. The van der Waals surface area contributed by atoms with Crippen LogP contribution in [0, 0.1) is 10.1 Å². The summed E-state index contributed by atoms with van der Waals surface area (Å²) in [7, 11) is 0. The fourth-order valence-corrected chi connectivity index (χ4v) is 1.94. The molecule has 1 N–H and O–H groups in total. The molecular formula is C13H21N3O2. The second-order valence-electron chi connectivity index (χ2n) is 4.31. The number of nitrogens with one attached hydrogen (secondary N) is 1. The number of nitro benzene ring substituents is 1. The molecule has 0 heterocycles. The van der Waals surface area contributed by atoms with E-state index >= 15 is 0 Å². The molecule has 0 aliphatic heterocycles. The van der Waals surface area contributed by atoms with Crippen LogP contribution in [0.2, 0.25) is 0 Å². The van der Waals surface area contributed by atoms with Crippen molar-refractivity contribution in [1.82, 2.24) is 4.90 Å². The van der Waals surface area contributed by atoms with Gasteiger partial charge in [0, 0.05) is 18.7 Å². The smallest absolute Gasteiger partial charge is 0.292 e. The van der Waals surface area contributed by atoms with Crippen LogP contribution >= 0.6 is 0 Å². The van der Waals surface area contributed by atoms with Crippen molar-refractivity contribution in [2.45, 2.75) is 26.8 Å². The molecule has 0 saturated carbocycles. The molecule has 18 heavy (non-hydrogen) atoms. The number of rotatable bonds is 7. The maximum Gasteiger partial charge on any atom is 0.292 e. The van der Waals surface area contributed by atoms with E-state index in [1.807, 2.05) is 6.92 Å². The molecule has 0 spiro atoms. The highest BCUT2D eigenvalue weighted by atomic mass is 16.6. The summed E-state index contributed by atoms with van der Waals surface area (Å²) in [4.78, 5) is 12.8. The van der Waals surface area contributed by atoms with Crippen LogP contribution < -0.4 is 5.32 Å². The number of anilines is 1. The van der Waals surface area contributed by atoms with Crippen LogP contribution in [-0.2, 0) is 0 Å². The predicted octanol–water partition coefficient (Wildman–Crippen LogP) is 2.74. The van der Waals surface area contributed by atoms with E-state index in [4.69, 9.17) is 0 Å². The van der Waals surface area contributed by atoms with Gasteiger partial charge in [-0.2, -0.15) is 0 Å². The molecule has 0 aliphatic carbocycles. The summed E-state index contributed by atoms with van der Waals surface area (Å²) in [5, 5.41) is 14.1. The normalized spacial score (nSPS) is 12.4. The fourth-order valence-electron chi connectivity index (χ4n) is 1.94. The molecule has 5 nitrogen and oxygen atoms in total. The van der Waals surface area contributed by atoms with Crippen molar-refractivity contribution in [2.75, 3.05) is 25.0 Å². The van der Waals surface area contributed by atoms with E-state index in [-0.39, 0.29) is 16.7 Å². The molecule has 0 fully saturated rings. The first-order valence-electron chi connectivity index (χ1n) is 6.30. The van der Waals surface area contributed by atoms with Gasteiger partial charge in [0.1, 0.15) is 5.69 Å². The Hall–Kier alpha value is -1.62. The van der Waals surface area contributed by atoms with Crippen molar-refractivity contribution in [3.63, 3.8) is 0 Å². The third-order valence-corrected chi connectivity index (χ3v) is 2.93. The van der Waals surface area contributed by atoms with E-state index < -0.39 is 0 Å². The zero-order chi connectivity index (χ0) is 13.5. The van der Waals surface area contributed by atoms with Crippen LogP contribution in [0.4, 0.5) is 11.4 Å². The van der Waals surface area contributed by atoms with Gasteiger partial charge in [0.25, 0.3) is 5.69 Å². The maximum absolute atomic E-state index is 10.9. The van der Waals surface area contributed by atoms with Crippen LogP contribution in [0.15, 0.2) is 24.3 Å². The summed E-state index contributed by atoms with van der Waals surface area (Å²) in [5.41, 5.74) is 0.714. The lowest BCUT2D eigenvalue weighted by atomic mass is 10.2. The van der Waals surface area contributed by atoms with Crippen LogP contribution in [0.25, 0.3) is 0 Å². The highest BCUT2D eigenvalue weighted by Crippen LogP contribution is 2.23. The monoisotopic (exact) mass is 251 g/mol. The van der Waals surface area contributed by atoms with Gasteiger partial charge >= 0.3 is 0 Å². The number of nitrogens with zero attached hydrogens (tertiary/aromatic N) is 2. The second-order valence-corrected chi connectivity index (χ2v) is 4.31. The minimum absolute atomic E-state index is 0.129. The topological polar surface area (TPSA) is 58.4 Å². The first-order chi connectivity index (χ1) is 8.58. The predicted molar refractivity (Wildman–Crippen MR) is 74.0 cm³/mol. The van der Waals surface area contributed by atoms with Crippen molar-refractivity contribution in [3.05, 3.63) is 34.4 Å². The lowest BCUT2D eigenvalue weighted by Crippen LogP contribution is -2.34. The Morgan fingerprint density at radius 1 is 1.33 bits per heavy atom. The molecule has 1 rings (SSSR count). The molecule has 1 aromatic carbocycles. The quantitative estimate of drug-likeness (QED) is 0.598. The van der Waals surface area contributed by atoms with Crippen molar-refractivity contribution in [1.29, 1.82) is 0 Å². The molecule has 100 valence electrons. The zero-order valence-corrected chi connectivity index (χ0v) is 11.2. The van der Waals surface area contributed by atoms with E-state index in [1.54, 1.807) is 18.2 Å². The van der Waals surface area contributed by atoms with Gasteiger partial charge in [-0.1, -0.05) is 26.0 Å². The Bertz CT molecular complexity index is 392. The van der Waals surface area contributed by atoms with E-state index in [0.29, 0.717) is 5.69 Å². The first kappa shape index (κ1) is 14.4. The van der Waals surface area contributed by atoms with Gasteiger partial charge in [-0.3, -0.25) is 10.1 Å². The number of nitro groups is 1. The maximum atomic E-state index is 10.9. The van der Waals surface area contributed by atoms with Gasteiger partial charge in [0.05, 0.1) is 4.92 Å². The van der Waals surface area contributed by atoms with E-state index in [2.05, 4.69) is 24.1 Å². The lowest BCUT2D eigenvalue weighted by molar-refractivity contribution is -0.384. The van der Waals surface area contributed by atoms with Gasteiger partial charge in [-0.25, -0.2) is 0 Å². The molecule has 1 aromatic rings. The van der Waals surface area contributed by atoms with Gasteiger partial charge in [-0.05, 0) is 26.1 Å². The Labute approximate surface area is 108 Å². The first-order valence-corrected chi connectivity index (χ1v) is 6.30. The molecule has 0 aromatic heterocycles. The summed E-state index contributed by atoms with van der Waals surface area (Å²) in [6.45, 7) is 9.11. The molecule has 0 bridgehead atoms. The zero-order valence-electron chi connectivity index (χ0n) is 11.2. The Morgan fingerprint density at radius 3 is 2.50 bits per heavy atom. The van der Waals surface area contributed by atoms with Crippen LogP contribution in [0.5, 0.6) is 0 Å². The van der Waals surface area contributed by atoms with Crippen molar-refractivity contribution >= 4 is 11.4 Å². The minimum atomic E-state index is -0.355. The van der Waals surface area contributed by atoms with Crippen molar-refractivity contribution < 1.29 is 4.92 Å². The van der Waals surface area contributed by atoms with E-state index in [9.17, 15) is 10.1 Å². The number of benzene rings is 1. The lowest BCUT2D eigenvalue weighted by Gasteiger charge is -2.23. The number of hydrogen-bond donors (Lipinski definition) is 1. The average molecular weight is 251 g/mol. The van der Waals surface area contributed by atoms with E-state index in [1.165, 1.54) is 6.07 Å². The van der Waals surface area contributed by atoms with Crippen LogP contribution in [0.3, 0.4) is 0 Å². The molecule has 0 aliphatic rings. The number of likely N-dealkylation sites (N-methyl/N-ethyl adjacent to an activating group) is 1. The Balaban J connectivity index is 2.69. The molecule has 1 atom stereocenters. The molecule has 0 radical (unpaired) electrons. The second kappa shape index (κ2) is 6.96. The number of para-hydroxylation sites is 2. The average Bonchev–Trinajstić information content (AvgIpc) is 2.36. The highest BCUT2D eigenvalue weighted by Gasteiger charge is 2.15. The highest BCUT2D eigenvalue weighted by molar-refractivity contribution is 5.61. The Morgan fingerprint density at radius 2 is 1.94 bits per heavy atom. The molecule has 0 saturated heterocycles. The standard InChI is InChI=1S/C13H21N3O2/c1-4-15(5-2)10-11(3)14-12-8-6-7-9-13(12)16(17)18/h6-9,11,14H,4-5,10H2,1-3H3. The summed E-state index contributed by atoms with van der Waals surface area (Å²) in [6.07, 6.45) is 0. The van der Waals surface area contributed by atoms with Crippen molar-refractivity contribution in [3.8, 4) is 0 Å². The van der Waals surface area contributed by atoms with Gasteiger partial charge < -0.3 is 10.2 Å². The molecular weight excluding hydrogens is 230 g/mol. The van der Waals surface area contributed by atoms with Crippen LogP contribution in [0.1, 0.15) is 20.8 Å². The van der Waals surface area contributed by atoms with Gasteiger partial charge in [-0.15, -0.1) is 0 Å². The van der Waals surface area contributed by atoms with Gasteiger partial charge in [0.2, 0.25) is 0 Å². The summed E-state index contributed by atoms with van der Waals surface area (Å²) in [6, 6.07) is 6.92. The minimum Gasteiger partial charge on any atom is -0.376 e. The summed E-state index contributed by atoms with van der Waals surface area (Å²) in [5.74, 6) is 0. The summed E-state index contributed by atoms with van der Waals surface area (Å²) < 4.78 is 0. The number of hydrogen-bond acceptors (Lipinski definition) is 4. The van der Waals surface area contributed by atoms with Crippen LogP contribution in [-0.4, -0.2) is 35.5 Å². The van der Waals surface area contributed by atoms with E-state index in [0.717, 1.165) is 19.6 Å². The largest absolute Gasteiger partial charge is 0.376 e.